The second kappa shape index (κ2) is 24.9. The molecule has 0 amide bonds. The van der Waals surface area contributed by atoms with E-state index in [4.69, 9.17) is 14.7 Å². The number of nitrogens with zero attached hydrogens (tertiary/aromatic N) is 3. The van der Waals surface area contributed by atoms with Crippen LogP contribution in [-0.4, -0.2) is 43.6 Å². The molecular weight excluding hydrogens is 414 g/mol. The molecule has 0 saturated carbocycles. The van der Waals surface area contributed by atoms with Gasteiger partial charge >= 0.3 is 0 Å². The van der Waals surface area contributed by atoms with Crippen molar-refractivity contribution in [3.8, 4) is 6.07 Å². The molecule has 190 valence electrons. The molecule has 0 saturated heterocycles. The summed E-state index contributed by atoms with van der Waals surface area (Å²) in [6.07, 6.45) is 22.4. The zero-order valence-electron chi connectivity index (χ0n) is 21.4. The minimum absolute atomic E-state index is 0.109. The van der Waals surface area contributed by atoms with Crippen molar-refractivity contribution in [1.29, 1.82) is 5.26 Å². The third kappa shape index (κ3) is 21.9. The third-order valence-corrected chi connectivity index (χ3v) is 5.64. The van der Waals surface area contributed by atoms with Crippen LogP contribution in [-0.2, 0) is 9.47 Å². The summed E-state index contributed by atoms with van der Waals surface area (Å²) < 4.78 is 11.2. The lowest BCUT2D eigenvalue weighted by Crippen LogP contribution is -2.26. The molecule has 0 aromatic carbocycles. The number of aliphatic imine (C=N–C) groups is 2. The molecule has 0 fully saturated rings. The fourth-order valence-corrected chi connectivity index (χ4v) is 3.62. The lowest BCUT2D eigenvalue weighted by molar-refractivity contribution is 0.0123. The van der Waals surface area contributed by atoms with Crippen LogP contribution in [0.4, 0.5) is 0 Å². The van der Waals surface area contributed by atoms with Crippen LogP contribution in [0.15, 0.2) is 21.9 Å². The molecule has 0 unspecified atom stereocenters. The molecule has 0 bridgehead atoms. The lowest BCUT2D eigenvalue weighted by atomic mass is 10.0. The first-order chi connectivity index (χ1) is 16.2. The number of hydrogen-bond donors (Lipinski definition) is 1. The predicted octanol–water partition coefficient (Wildman–Crippen LogP) is 7.13. The van der Waals surface area contributed by atoms with Gasteiger partial charge in [0.1, 0.15) is 12.2 Å². The van der Waals surface area contributed by atoms with E-state index in [1.807, 2.05) is 6.07 Å². The van der Waals surface area contributed by atoms with Gasteiger partial charge in [-0.3, -0.25) is 4.99 Å². The maximum atomic E-state index is 9.43. The first kappa shape index (κ1) is 31.3. The Kier molecular flexibility index (Phi) is 23.6. The van der Waals surface area contributed by atoms with Crippen LogP contribution in [0.2, 0.25) is 0 Å². The van der Waals surface area contributed by atoms with Gasteiger partial charge in [0.2, 0.25) is 0 Å². The van der Waals surface area contributed by atoms with Gasteiger partial charge < -0.3 is 14.6 Å². The predicted molar refractivity (Wildman–Crippen MR) is 139 cm³/mol. The van der Waals surface area contributed by atoms with Crippen molar-refractivity contribution in [2.24, 2.45) is 9.98 Å². The van der Waals surface area contributed by atoms with E-state index >= 15 is 0 Å². The molecular formula is C27H49N3O3. The number of hydrogen-bond acceptors (Lipinski definition) is 6. The van der Waals surface area contributed by atoms with E-state index < -0.39 is 6.10 Å². The number of ether oxygens (including phenoxy) is 2. The number of unbranched alkanes of at least 4 members (excludes halogenated alkanes) is 15. The zero-order valence-corrected chi connectivity index (χ0v) is 21.4. The molecule has 0 aliphatic rings. The van der Waals surface area contributed by atoms with Crippen LogP contribution >= 0.6 is 0 Å². The number of nitriles is 1. The quantitative estimate of drug-likeness (QED) is 0.0756. The summed E-state index contributed by atoms with van der Waals surface area (Å²) in [5.41, 5.74) is 0.109. The number of allylic oxidation sites excluding steroid dienone is 1. The lowest BCUT2D eigenvalue weighted by Gasteiger charge is -2.16. The summed E-state index contributed by atoms with van der Waals surface area (Å²) in [6.45, 7) is 8.06. The molecule has 0 aromatic heterocycles. The van der Waals surface area contributed by atoms with Gasteiger partial charge in [-0.15, -0.1) is 0 Å². The molecule has 0 aliphatic heterocycles. The molecule has 0 radical (unpaired) electrons. The van der Waals surface area contributed by atoms with Gasteiger partial charge in [0.05, 0.1) is 19.4 Å². The van der Waals surface area contributed by atoms with Crippen molar-refractivity contribution in [2.45, 2.75) is 123 Å². The highest BCUT2D eigenvalue weighted by Crippen LogP contribution is 2.13. The second-order valence-corrected chi connectivity index (χ2v) is 8.73. The highest BCUT2D eigenvalue weighted by Gasteiger charge is 2.09. The van der Waals surface area contributed by atoms with Crippen LogP contribution in [0.3, 0.4) is 0 Å². The molecule has 0 spiro atoms. The summed E-state index contributed by atoms with van der Waals surface area (Å²) in [7, 11) is 0. The first-order valence-electron chi connectivity index (χ1n) is 13.1. The molecule has 0 rings (SSSR count). The monoisotopic (exact) mass is 463 g/mol. The number of aliphatic hydroxyl groups is 1. The average molecular weight is 464 g/mol. The highest BCUT2D eigenvalue weighted by molar-refractivity contribution is 5.74. The molecule has 33 heavy (non-hydrogen) atoms. The van der Waals surface area contributed by atoms with E-state index in [0.717, 1.165) is 6.42 Å². The Morgan fingerprint density at radius 1 is 0.909 bits per heavy atom. The van der Waals surface area contributed by atoms with E-state index in [0.29, 0.717) is 19.1 Å². The Bertz CT molecular complexity index is 555. The van der Waals surface area contributed by atoms with Crippen molar-refractivity contribution in [2.75, 3.05) is 19.8 Å². The molecule has 6 heteroatoms. The van der Waals surface area contributed by atoms with Crippen LogP contribution < -0.4 is 0 Å². The molecule has 6 nitrogen and oxygen atoms in total. The fourth-order valence-electron chi connectivity index (χ4n) is 3.62. The summed E-state index contributed by atoms with van der Waals surface area (Å²) >= 11 is 0. The summed E-state index contributed by atoms with van der Waals surface area (Å²) in [6, 6.07) is 1.86. The maximum Gasteiger partial charge on any atom is 0.185 e. The Morgan fingerprint density at radius 2 is 1.39 bits per heavy atom. The Hall–Kier alpha value is -1.71. The van der Waals surface area contributed by atoms with Gasteiger partial charge in [0, 0.05) is 13.5 Å². The Morgan fingerprint density at radius 3 is 1.82 bits per heavy atom. The molecule has 0 heterocycles. The SMILES string of the molecule is C=N/C(C#N)=C\N=C(C)O[C@@H](CO)COCCCCCCCCCCCCCCCCCC. The first-order valence-corrected chi connectivity index (χ1v) is 13.1. The van der Waals surface area contributed by atoms with Crippen LogP contribution in [0.5, 0.6) is 0 Å². The van der Waals surface area contributed by atoms with Gasteiger partial charge in [-0.05, 0) is 13.1 Å². The Balaban J connectivity index is 3.50. The topological polar surface area (TPSA) is 87.2 Å². The standard InChI is InChI=1S/C27H49N3O3/c1-4-5-6-7-8-9-10-11-12-13-14-15-16-17-18-19-20-32-24-27(23-31)33-25(2)30-22-26(21-28)29-3/h22,27,31H,3-20,23-24H2,1-2H3/b26-22-,30-25?/t27-/m0/s1. The average Bonchev–Trinajstić information content (AvgIpc) is 2.83. The summed E-state index contributed by atoms with van der Waals surface area (Å²) in [4.78, 5) is 7.51. The number of rotatable bonds is 23. The van der Waals surface area contributed by atoms with E-state index in [9.17, 15) is 5.11 Å². The van der Waals surface area contributed by atoms with Crippen molar-refractivity contribution in [3.05, 3.63) is 11.9 Å². The number of aliphatic hydroxyl groups excluding tert-OH is 1. The molecule has 0 aliphatic carbocycles. The maximum absolute atomic E-state index is 9.43. The molecule has 1 atom stereocenters. The van der Waals surface area contributed by atoms with Crippen molar-refractivity contribution >= 4 is 12.6 Å². The van der Waals surface area contributed by atoms with Gasteiger partial charge in [-0.1, -0.05) is 103 Å². The van der Waals surface area contributed by atoms with Gasteiger partial charge in [0.15, 0.2) is 11.6 Å². The van der Waals surface area contributed by atoms with Crippen LogP contribution in [0.25, 0.3) is 0 Å². The van der Waals surface area contributed by atoms with Crippen molar-refractivity contribution in [3.63, 3.8) is 0 Å². The Labute approximate surface area is 203 Å². The van der Waals surface area contributed by atoms with Gasteiger partial charge in [0.25, 0.3) is 0 Å². The van der Waals surface area contributed by atoms with Gasteiger partial charge in [-0.2, -0.15) is 5.26 Å². The van der Waals surface area contributed by atoms with Gasteiger partial charge in [-0.25, -0.2) is 4.99 Å². The fraction of sp³-hybridized carbons (Fsp3) is 0.815. The smallest absolute Gasteiger partial charge is 0.185 e. The van der Waals surface area contributed by atoms with Crippen molar-refractivity contribution in [1.82, 2.24) is 0 Å². The molecule has 1 N–H and O–H groups in total. The minimum atomic E-state index is -0.467. The normalized spacial score (nSPS) is 13.0. The zero-order chi connectivity index (χ0) is 24.4. The summed E-state index contributed by atoms with van der Waals surface area (Å²) in [5.74, 6) is 0.344. The third-order valence-electron chi connectivity index (χ3n) is 5.64. The molecule has 0 aromatic rings. The largest absolute Gasteiger partial charge is 0.473 e. The van der Waals surface area contributed by atoms with E-state index in [1.54, 1.807) is 6.92 Å². The minimum Gasteiger partial charge on any atom is -0.473 e. The van der Waals surface area contributed by atoms with Crippen molar-refractivity contribution < 1.29 is 14.6 Å². The van der Waals surface area contributed by atoms with E-state index in [-0.39, 0.29) is 12.3 Å². The highest BCUT2D eigenvalue weighted by atomic mass is 16.5. The van der Waals surface area contributed by atoms with E-state index in [1.165, 1.54) is 103 Å². The summed E-state index contributed by atoms with van der Waals surface area (Å²) in [5, 5.41) is 18.2. The van der Waals surface area contributed by atoms with E-state index in [2.05, 4.69) is 23.6 Å². The van der Waals surface area contributed by atoms with Crippen LogP contribution in [0, 0.1) is 11.3 Å². The van der Waals surface area contributed by atoms with Crippen LogP contribution in [0.1, 0.15) is 117 Å². The second-order valence-electron chi connectivity index (χ2n) is 8.73.